The second-order valence-electron chi connectivity index (χ2n) is 7.32. The topological polar surface area (TPSA) is 78.5 Å². The normalized spacial score (nSPS) is 18.7. The zero-order valence-corrected chi connectivity index (χ0v) is 20.6. The molecule has 6 nitrogen and oxygen atoms in total. The maximum atomic E-state index is 12.8. The number of hydrogen-bond donors (Lipinski definition) is 2. The van der Waals surface area contributed by atoms with Crippen molar-refractivity contribution in [1.29, 1.82) is 0 Å². The van der Waals surface area contributed by atoms with Gasteiger partial charge in [0.2, 0.25) is 5.91 Å². The summed E-state index contributed by atoms with van der Waals surface area (Å²) in [4.78, 5) is 36.4. The van der Waals surface area contributed by atoms with Crippen molar-refractivity contribution < 1.29 is 27.6 Å². The van der Waals surface area contributed by atoms with Gasteiger partial charge < -0.3 is 5.32 Å². The van der Waals surface area contributed by atoms with E-state index in [2.05, 4.69) is 5.32 Å². The summed E-state index contributed by atoms with van der Waals surface area (Å²) >= 11 is 30.6. The number of anilines is 1. The first-order valence-electron chi connectivity index (χ1n) is 9.23. The van der Waals surface area contributed by atoms with Crippen LogP contribution in [0.25, 0.3) is 0 Å². The molecule has 0 bridgehead atoms. The van der Waals surface area contributed by atoms with Crippen LogP contribution in [-0.4, -0.2) is 40.3 Å². The maximum Gasteiger partial charge on any atom is 0.473 e. The number of amides is 3. The van der Waals surface area contributed by atoms with E-state index in [0.717, 1.165) is 13.1 Å². The Balaban J connectivity index is 1.75. The van der Waals surface area contributed by atoms with Crippen molar-refractivity contribution >= 4 is 81.4 Å². The molecule has 3 rings (SSSR count). The van der Waals surface area contributed by atoms with Gasteiger partial charge in [-0.2, -0.15) is 13.2 Å². The lowest BCUT2D eigenvalue weighted by Gasteiger charge is -2.20. The van der Waals surface area contributed by atoms with Gasteiger partial charge >= 0.3 is 12.1 Å². The van der Waals surface area contributed by atoms with Crippen molar-refractivity contribution in [3.63, 3.8) is 0 Å². The first-order chi connectivity index (χ1) is 15.6. The van der Waals surface area contributed by atoms with E-state index in [9.17, 15) is 27.6 Å². The molecule has 0 heterocycles. The number of carbonyl (C=O) groups is 3. The van der Waals surface area contributed by atoms with Crippen molar-refractivity contribution in [3.8, 4) is 0 Å². The highest BCUT2D eigenvalue weighted by molar-refractivity contribution is 6.53. The molecule has 1 fully saturated rings. The Kier molecular flexibility index (Phi) is 7.55. The van der Waals surface area contributed by atoms with E-state index >= 15 is 0 Å². The second kappa shape index (κ2) is 9.62. The number of nitrogens with zero attached hydrogens (tertiary/aromatic N) is 1. The quantitative estimate of drug-likeness (QED) is 0.354. The number of halogens is 8. The van der Waals surface area contributed by atoms with E-state index in [0.29, 0.717) is 15.6 Å². The largest absolute Gasteiger partial charge is 0.473 e. The molecule has 2 N–H and O–H groups in total. The number of rotatable bonds is 4. The zero-order valence-electron chi connectivity index (χ0n) is 16.8. The Morgan fingerprint density at radius 1 is 1.00 bits per heavy atom. The Morgan fingerprint density at radius 3 is 2.15 bits per heavy atom. The van der Waals surface area contributed by atoms with Crippen molar-refractivity contribution in [2.45, 2.75) is 16.4 Å². The molecule has 3 amide bonds. The number of carbonyl (C=O) groups excluding carboxylic acids is 3. The van der Waals surface area contributed by atoms with Crippen molar-refractivity contribution in [2.75, 3.05) is 12.4 Å². The van der Waals surface area contributed by atoms with Crippen LogP contribution in [0.4, 0.5) is 18.9 Å². The van der Waals surface area contributed by atoms with Crippen LogP contribution in [0.1, 0.15) is 21.8 Å². The summed E-state index contributed by atoms with van der Waals surface area (Å²) in [6, 6.07) is 8.39. The SMILES string of the molecule is CN(NC(=O)c1cc(NC(=O)C2C(c3cc(Cl)cc(Cl)c3)C2(Cl)Cl)ccc1Cl)C(=O)C(F)(F)F. The van der Waals surface area contributed by atoms with Crippen LogP contribution in [0.5, 0.6) is 0 Å². The molecule has 2 aromatic carbocycles. The molecule has 1 aliphatic rings. The number of benzene rings is 2. The van der Waals surface area contributed by atoms with E-state index in [1.807, 2.05) is 0 Å². The van der Waals surface area contributed by atoms with Gasteiger partial charge in [0.25, 0.3) is 5.91 Å². The van der Waals surface area contributed by atoms with E-state index in [4.69, 9.17) is 58.0 Å². The first kappa shape index (κ1) is 26.7. The summed E-state index contributed by atoms with van der Waals surface area (Å²) in [7, 11) is 0.725. The van der Waals surface area contributed by atoms with Gasteiger partial charge in [0.05, 0.1) is 16.5 Å². The molecular weight excluding hydrogens is 564 g/mol. The summed E-state index contributed by atoms with van der Waals surface area (Å²) in [5.74, 6) is -5.51. The summed E-state index contributed by atoms with van der Waals surface area (Å²) in [5.41, 5.74) is 2.12. The minimum Gasteiger partial charge on any atom is -0.326 e. The van der Waals surface area contributed by atoms with Gasteiger partial charge in [0.15, 0.2) is 0 Å². The average Bonchev–Trinajstić information content (AvgIpc) is 3.29. The monoisotopic (exact) mass is 575 g/mol. The highest BCUT2D eigenvalue weighted by Crippen LogP contribution is 2.65. The van der Waals surface area contributed by atoms with Gasteiger partial charge in [-0.15, -0.1) is 23.2 Å². The van der Waals surface area contributed by atoms with E-state index in [-0.39, 0.29) is 21.3 Å². The molecular formula is C20H13Cl5F3N3O3. The minimum absolute atomic E-state index is 0.0236. The summed E-state index contributed by atoms with van der Waals surface area (Å²) < 4.78 is 36.1. The Bertz CT molecular complexity index is 1160. The Labute approximate surface area is 216 Å². The molecule has 1 aliphatic carbocycles. The van der Waals surface area contributed by atoms with E-state index in [1.54, 1.807) is 17.6 Å². The van der Waals surface area contributed by atoms with Crippen molar-refractivity contribution in [1.82, 2.24) is 10.4 Å². The standard InChI is InChI=1S/C20H13Cl5F3N3O3/c1-31(18(34)20(26,27)28)30-16(32)12-7-11(2-3-13(12)23)29-17(33)15-14(19(15,24)25)8-4-9(21)6-10(22)5-8/h2-7,14-15H,1H3,(H,29,33)(H,30,32). The Hall–Kier alpha value is -1.91. The van der Waals surface area contributed by atoms with Crippen LogP contribution in [0.15, 0.2) is 36.4 Å². The smallest absolute Gasteiger partial charge is 0.326 e. The predicted molar refractivity (Wildman–Crippen MR) is 124 cm³/mol. The third kappa shape index (κ3) is 5.66. The molecule has 2 unspecified atom stereocenters. The van der Waals surface area contributed by atoms with Gasteiger partial charge in [-0.3, -0.25) is 19.8 Å². The van der Waals surface area contributed by atoms with Gasteiger partial charge in [-0.25, -0.2) is 5.01 Å². The fourth-order valence-electron chi connectivity index (χ4n) is 3.27. The van der Waals surface area contributed by atoms with E-state index < -0.39 is 40.1 Å². The molecule has 182 valence electrons. The lowest BCUT2D eigenvalue weighted by atomic mass is 10.1. The third-order valence-corrected chi connectivity index (χ3v) is 6.58. The zero-order chi connectivity index (χ0) is 25.6. The van der Waals surface area contributed by atoms with Gasteiger partial charge in [-0.1, -0.05) is 34.8 Å². The van der Waals surface area contributed by atoms with Crippen LogP contribution in [0.3, 0.4) is 0 Å². The van der Waals surface area contributed by atoms with Crippen molar-refractivity contribution in [2.24, 2.45) is 5.92 Å². The summed E-state index contributed by atoms with van der Waals surface area (Å²) in [5, 5.41) is 3.05. The molecule has 34 heavy (non-hydrogen) atoms. The van der Waals surface area contributed by atoms with E-state index in [1.165, 1.54) is 18.2 Å². The molecule has 0 saturated heterocycles. The molecule has 2 aromatic rings. The van der Waals surface area contributed by atoms with Gasteiger partial charge in [0.1, 0.15) is 4.33 Å². The lowest BCUT2D eigenvalue weighted by Crippen LogP contribution is -2.49. The first-order valence-corrected chi connectivity index (χ1v) is 11.1. The van der Waals surface area contributed by atoms with Crippen LogP contribution in [-0.2, 0) is 9.59 Å². The Morgan fingerprint density at radius 2 is 1.59 bits per heavy atom. The average molecular weight is 578 g/mol. The third-order valence-electron chi connectivity index (χ3n) is 4.87. The van der Waals surface area contributed by atoms with Crippen LogP contribution in [0.2, 0.25) is 15.1 Å². The van der Waals surface area contributed by atoms with Crippen LogP contribution >= 0.6 is 58.0 Å². The maximum absolute atomic E-state index is 12.8. The summed E-state index contributed by atoms with van der Waals surface area (Å²) in [6.45, 7) is 0. The fraction of sp³-hybridized carbons (Fsp3) is 0.250. The molecule has 0 aliphatic heterocycles. The molecule has 14 heteroatoms. The van der Waals surface area contributed by atoms with Crippen molar-refractivity contribution in [3.05, 3.63) is 62.6 Å². The summed E-state index contributed by atoms with van der Waals surface area (Å²) in [6.07, 6.45) is -5.19. The predicted octanol–water partition coefficient (Wildman–Crippen LogP) is 5.84. The molecule has 1 saturated carbocycles. The van der Waals surface area contributed by atoms with Crippen LogP contribution < -0.4 is 10.7 Å². The number of hydrogen-bond acceptors (Lipinski definition) is 3. The van der Waals surface area contributed by atoms with Gasteiger partial charge in [0, 0.05) is 28.7 Å². The van der Waals surface area contributed by atoms with Gasteiger partial charge in [-0.05, 0) is 42.0 Å². The second-order valence-corrected chi connectivity index (χ2v) is 10.0. The minimum atomic E-state index is -5.19. The number of alkyl halides is 5. The number of hydrazine groups is 1. The molecule has 2 atom stereocenters. The number of nitrogens with one attached hydrogen (secondary N) is 2. The molecule has 0 spiro atoms. The lowest BCUT2D eigenvalue weighted by molar-refractivity contribution is -0.186. The highest BCUT2D eigenvalue weighted by atomic mass is 35.5. The fourth-order valence-corrected chi connectivity index (χ4v) is 4.85. The highest BCUT2D eigenvalue weighted by Gasteiger charge is 2.67. The molecule has 0 radical (unpaired) electrons. The molecule has 0 aromatic heterocycles. The van der Waals surface area contributed by atoms with Crippen LogP contribution in [0, 0.1) is 5.92 Å².